The Morgan fingerprint density at radius 1 is 0.968 bits per heavy atom. The normalized spacial score (nSPS) is 10.9. The molecule has 3 aromatic heterocycles. The summed E-state index contributed by atoms with van der Waals surface area (Å²) in [5.41, 5.74) is 2.13. The summed E-state index contributed by atoms with van der Waals surface area (Å²) < 4.78 is 29.1. The lowest BCUT2D eigenvalue weighted by molar-refractivity contribution is 0.103. The van der Waals surface area contributed by atoms with E-state index >= 15 is 0 Å². The molecule has 0 amide bonds. The van der Waals surface area contributed by atoms with Gasteiger partial charge in [0, 0.05) is 24.9 Å². The zero-order valence-corrected chi connectivity index (χ0v) is 17.8. The van der Waals surface area contributed by atoms with Gasteiger partial charge in [0.25, 0.3) is 0 Å². The van der Waals surface area contributed by atoms with E-state index in [1.54, 1.807) is 42.3 Å². The number of carbonyl (C=O) groups excluding carboxylic acids is 1. The molecule has 0 bridgehead atoms. The fourth-order valence-corrected chi connectivity index (χ4v) is 3.38. The number of fused-ring (bicyclic) bond motifs is 1. The molecular weight excluding hydrogens is 402 g/mol. The van der Waals surface area contributed by atoms with Crippen molar-refractivity contribution in [2.75, 3.05) is 28.4 Å². The highest BCUT2D eigenvalue weighted by Gasteiger charge is 2.27. The van der Waals surface area contributed by atoms with E-state index in [1.165, 1.54) is 34.6 Å². The summed E-state index contributed by atoms with van der Waals surface area (Å²) in [5, 5.41) is 4.19. The molecule has 0 aliphatic heterocycles. The highest BCUT2D eigenvalue weighted by atomic mass is 16.5. The maximum atomic E-state index is 13.7. The molecule has 3 heterocycles. The van der Waals surface area contributed by atoms with Crippen molar-refractivity contribution in [2.24, 2.45) is 7.05 Å². The summed E-state index contributed by atoms with van der Waals surface area (Å²) in [7, 11) is 7.81. The monoisotopic (exact) mass is 423 g/mol. The van der Waals surface area contributed by atoms with Gasteiger partial charge in [-0.15, -0.1) is 0 Å². The molecule has 9 heteroatoms. The van der Waals surface area contributed by atoms with Crippen LogP contribution in [-0.4, -0.2) is 49.0 Å². The van der Waals surface area contributed by atoms with E-state index in [4.69, 9.17) is 23.4 Å². The van der Waals surface area contributed by atoms with Gasteiger partial charge < -0.3 is 23.4 Å². The van der Waals surface area contributed by atoms with Crippen LogP contribution in [0, 0.1) is 0 Å². The number of ether oxygens (including phenoxy) is 4. The molecule has 0 saturated heterocycles. The molecule has 0 fully saturated rings. The number of aryl methyl sites for hydroxylation is 1. The number of ketones is 1. The van der Waals surface area contributed by atoms with Gasteiger partial charge in [-0.1, -0.05) is 0 Å². The lowest BCUT2D eigenvalue weighted by atomic mass is 9.99. The van der Waals surface area contributed by atoms with Gasteiger partial charge in [-0.05, 0) is 12.1 Å². The predicted octanol–water partition coefficient (Wildman–Crippen LogP) is 3.49. The maximum absolute atomic E-state index is 13.7. The van der Waals surface area contributed by atoms with E-state index in [0.29, 0.717) is 56.5 Å². The first-order chi connectivity index (χ1) is 15.0. The van der Waals surface area contributed by atoms with E-state index in [2.05, 4.69) is 10.1 Å². The molecule has 0 atom stereocenters. The molecule has 9 nitrogen and oxygen atoms in total. The molecule has 1 aromatic carbocycles. The SMILES string of the molecule is COc1cnc2c(C(=O)c3cc(OC)c(OC)c(OC)c3)c(-c3cnn(C)c3)oc2c1. The topological polar surface area (TPSA) is 97.8 Å². The Bertz CT molecular complexity index is 1250. The van der Waals surface area contributed by atoms with Crippen LogP contribution in [0.2, 0.25) is 0 Å². The van der Waals surface area contributed by atoms with Crippen molar-refractivity contribution in [3.05, 3.63) is 47.9 Å². The van der Waals surface area contributed by atoms with Crippen molar-refractivity contribution in [2.45, 2.75) is 0 Å². The molecule has 0 unspecified atom stereocenters. The van der Waals surface area contributed by atoms with Gasteiger partial charge in [-0.25, -0.2) is 4.98 Å². The lowest BCUT2D eigenvalue weighted by Crippen LogP contribution is -2.05. The summed E-state index contributed by atoms with van der Waals surface area (Å²) in [6.45, 7) is 0. The third kappa shape index (κ3) is 3.43. The minimum absolute atomic E-state index is 0.305. The van der Waals surface area contributed by atoms with E-state index in [0.717, 1.165) is 0 Å². The molecule has 31 heavy (non-hydrogen) atoms. The number of aromatic nitrogens is 3. The van der Waals surface area contributed by atoms with Gasteiger partial charge in [0.1, 0.15) is 11.3 Å². The summed E-state index contributed by atoms with van der Waals surface area (Å²) in [6, 6.07) is 4.88. The minimum atomic E-state index is -0.311. The van der Waals surface area contributed by atoms with Gasteiger partial charge in [0.05, 0.1) is 52.0 Å². The Morgan fingerprint density at radius 2 is 1.68 bits per heavy atom. The highest BCUT2D eigenvalue weighted by molar-refractivity contribution is 6.19. The van der Waals surface area contributed by atoms with Gasteiger partial charge in [-0.2, -0.15) is 5.10 Å². The molecule has 0 aliphatic carbocycles. The van der Waals surface area contributed by atoms with Crippen LogP contribution in [-0.2, 0) is 7.05 Å². The number of hydrogen-bond acceptors (Lipinski definition) is 8. The third-order valence-electron chi connectivity index (χ3n) is 4.86. The molecular formula is C22H21N3O6. The highest BCUT2D eigenvalue weighted by Crippen LogP contribution is 2.41. The summed E-state index contributed by atoms with van der Waals surface area (Å²) >= 11 is 0. The van der Waals surface area contributed by atoms with E-state index < -0.39 is 0 Å². The van der Waals surface area contributed by atoms with Gasteiger partial charge in [0.15, 0.2) is 28.6 Å². The van der Waals surface area contributed by atoms with Crippen LogP contribution in [0.1, 0.15) is 15.9 Å². The standard InChI is InChI=1S/C22H21N3O6/c1-25-11-13(9-24-25)21-18(19-15(31-21)8-14(27-2)10-23-19)20(26)12-6-16(28-3)22(30-5)17(7-12)29-4/h6-11H,1-5H3. The number of hydrogen-bond donors (Lipinski definition) is 0. The fraction of sp³-hybridized carbons (Fsp3) is 0.227. The van der Waals surface area contributed by atoms with Gasteiger partial charge in [0.2, 0.25) is 5.75 Å². The average molecular weight is 423 g/mol. The van der Waals surface area contributed by atoms with Gasteiger partial charge in [-0.3, -0.25) is 9.48 Å². The van der Waals surface area contributed by atoms with Crippen LogP contribution in [0.5, 0.6) is 23.0 Å². The van der Waals surface area contributed by atoms with Crippen LogP contribution in [0.4, 0.5) is 0 Å². The van der Waals surface area contributed by atoms with E-state index in [-0.39, 0.29) is 5.78 Å². The third-order valence-corrected chi connectivity index (χ3v) is 4.86. The Hall–Kier alpha value is -4.01. The van der Waals surface area contributed by atoms with E-state index in [1.807, 2.05) is 0 Å². The van der Waals surface area contributed by atoms with Crippen LogP contribution in [0.25, 0.3) is 22.4 Å². The molecule has 0 N–H and O–H groups in total. The molecule has 4 rings (SSSR count). The zero-order chi connectivity index (χ0) is 22.1. The molecule has 160 valence electrons. The van der Waals surface area contributed by atoms with E-state index in [9.17, 15) is 4.79 Å². The molecule has 4 aromatic rings. The molecule has 0 spiro atoms. The average Bonchev–Trinajstić information content (AvgIpc) is 3.40. The van der Waals surface area contributed by atoms with Crippen molar-refractivity contribution in [3.8, 4) is 34.3 Å². The molecule has 0 aliphatic rings. The van der Waals surface area contributed by atoms with Crippen LogP contribution in [0.3, 0.4) is 0 Å². The summed E-state index contributed by atoms with van der Waals surface area (Å²) in [5.74, 6) is 1.71. The largest absolute Gasteiger partial charge is 0.495 e. The van der Waals surface area contributed by atoms with Crippen LogP contribution < -0.4 is 18.9 Å². The Kier molecular flexibility index (Phi) is 5.24. The molecule has 0 radical (unpaired) electrons. The Labute approximate surface area is 178 Å². The Morgan fingerprint density at radius 3 is 2.23 bits per heavy atom. The van der Waals surface area contributed by atoms with Gasteiger partial charge >= 0.3 is 0 Å². The lowest BCUT2D eigenvalue weighted by Gasteiger charge is -2.13. The first kappa shape index (κ1) is 20.3. The number of rotatable bonds is 7. The number of nitrogens with zero attached hydrogens (tertiary/aromatic N) is 3. The zero-order valence-electron chi connectivity index (χ0n) is 17.8. The summed E-state index contributed by atoms with van der Waals surface area (Å²) in [6.07, 6.45) is 4.93. The first-order valence-corrected chi connectivity index (χ1v) is 9.31. The van der Waals surface area contributed by atoms with Crippen molar-refractivity contribution >= 4 is 16.9 Å². The summed E-state index contributed by atoms with van der Waals surface area (Å²) in [4.78, 5) is 18.1. The smallest absolute Gasteiger partial charge is 0.203 e. The fourth-order valence-electron chi connectivity index (χ4n) is 3.38. The quantitative estimate of drug-likeness (QED) is 0.417. The number of methoxy groups -OCH3 is 4. The predicted molar refractivity (Wildman–Crippen MR) is 112 cm³/mol. The first-order valence-electron chi connectivity index (χ1n) is 9.31. The number of benzene rings is 1. The number of carbonyl (C=O) groups is 1. The maximum Gasteiger partial charge on any atom is 0.203 e. The van der Waals surface area contributed by atoms with Crippen molar-refractivity contribution in [3.63, 3.8) is 0 Å². The van der Waals surface area contributed by atoms with Crippen molar-refractivity contribution in [1.82, 2.24) is 14.8 Å². The number of furan rings is 1. The van der Waals surface area contributed by atoms with Crippen molar-refractivity contribution in [1.29, 1.82) is 0 Å². The molecule has 0 saturated carbocycles. The minimum Gasteiger partial charge on any atom is -0.495 e. The van der Waals surface area contributed by atoms with Crippen LogP contribution in [0.15, 0.2) is 41.2 Å². The second-order valence-corrected chi connectivity index (χ2v) is 6.67. The second-order valence-electron chi connectivity index (χ2n) is 6.67. The Balaban J connectivity index is 1.95. The second kappa shape index (κ2) is 8.02. The van der Waals surface area contributed by atoms with Crippen LogP contribution >= 0.6 is 0 Å². The number of pyridine rings is 1. The van der Waals surface area contributed by atoms with Crippen molar-refractivity contribution < 1.29 is 28.2 Å².